The highest BCUT2D eigenvalue weighted by Gasteiger charge is 2.42. The van der Waals surface area contributed by atoms with E-state index in [2.05, 4.69) is 63.2 Å². The Morgan fingerprint density at radius 2 is 2.06 bits per heavy atom. The zero-order chi connectivity index (χ0) is 22.5. The maximum Gasteiger partial charge on any atom is 0.231 e. The number of hydrogen-bond donors (Lipinski definition) is 2. The second-order valence-corrected chi connectivity index (χ2v) is 11.0. The predicted octanol–water partition coefficient (Wildman–Crippen LogP) is 4.49. The average Bonchev–Trinajstić information content (AvgIpc) is 3.30. The minimum atomic E-state index is -0.145. The maximum absolute atomic E-state index is 12.6. The molecule has 9 heteroatoms. The van der Waals surface area contributed by atoms with Crippen molar-refractivity contribution in [3.05, 3.63) is 70.9 Å². The van der Waals surface area contributed by atoms with Gasteiger partial charge >= 0.3 is 0 Å². The molecule has 1 amide bonds. The lowest BCUT2D eigenvalue weighted by Crippen LogP contribution is -2.58. The van der Waals surface area contributed by atoms with Gasteiger partial charge in [0.25, 0.3) is 0 Å². The standard InChI is InChI=1S/C23H27N5OS3/c1-4-12-28-18(26-27-23(28)30-13-8-11-17-9-6-5-7-10-17)14-31-22-24-20(29)19-15(2)16(3)32-21(19)25-22/h4-11,19,21-22,25H,1,12-14H2,2-3H3,(H,24,29)/b11-8+. The molecule has 3 atom stereocenters. The molecule has 0 radical (unpaired) electrons. The second-order valence-electron chi connectivity index (χ2n) is 7.54. The third kappa shape index (κ3) is 5.33. The number of carbonyl (C=O) groups excluding carboxylic acids is 1. The number of amides is 1. The number of thioether (sulfide) groups is 3. The molecule has 1 saturated heterocycles. The van der Waals surface area contributed by atoms with Crippen molar-refractivity contribution in [2.75, 3.05) is 5.75 Å². The molecule has 168 valence electrons. The smallest absolute Gasteiger partial charge is 0.231 e. The molecule has 0 saturated carbocycles. The first-order valence-electron chi connectivity index (χ1n) is 10.5. The van der Waals surface area contributed by atoms with Crippen LogP contribution in [0.2, 0.25) is 0 Å². The third-order valence-electron chi connectivity index (χ3n) is 5.40. The van der Waals surface area contributed by atoms with Gasteiger partial charge in [-0.15, -0.1) is 40.3 Å². The predicted molar refractivity (Wildman–Crippen MR) is 136 cm³/mol. The summed E-state index contributed by atoms with van der Waals surface area (Å²) >= 11 is 5.03. The van der Waals surface area contributed by atoms with Crippen molar-refractivity contribution >= 4 is 47.3 Å². The molecule has 2 aromatic rings. The first-order valence-corrected chi connectivity index (χ1v) is 13.4. The first-order chi connectivity index (χ1) is 15.6. The van der Waals surface area contributed by atoms with E-state index >= 15 is 0 Å². The normalized spacial score (nSPS) is 22.9. The van der Waals surface area contributed by atoms with Crippen LogP contribution in [0, 0.1) is 5.92 Å². The van der Waals surface area contributed by atoms with Crippen LogP contribution in [0.5, 0.6) is 0 Å². The Hall–Kier alpha value is -1.94. The highest BCUT2D eigenvalue weighted by molar-refractivity contribution is 8.04. The Kier molecular flexibility index (Phi) is 7.83. The van der Waals surface area contributed by atoms with E-state index in [9.17, 15) is 4.79 Å². The van der Waals surface area contributed by atoms with Gasteiger partial charge in [-0.25, -0.2) is 0 Å². The number of fused-ring (bicyclic) bond motifs is 1. The van der Waals surface area contributed by atoms with Crippen molar-refractivity contribution in [1.82, 2.24) is 25.4 Å². The Morgan fingerprint density at radius 1 is 1.25 bits per heavy atom. The number of benzene rings is 1. The molecule has 1 aromatic carbocycles. The molecule has 32 heavy (non-hydrogen) atoms. The van der Waals surface area contributed by atoms with E-state index in [1.165, 1.54) is 16.0 Å². The molecule has 6 nitrogen and oxygen atoms in total. The fourth-order valence-electron chi connectivity index (χ4n) is 3.64. The number of carbonyl (C=O) groups is 1. The fraction of sp³-hybridized carbons (Fsp3) is 0.348. The van der Waals surface area contributed by atoms with Crippen LogP contribution in [0.1, 0.15) is 25.2 Å². The van der Waals surface area contributed by atoms with Crippen LogP contribution in [-0.4, -0.2) is 37.3 Å². The number of aromatic nitrogens is 3. The molecule has 2 aliphatic heterocycles. The van der Waals surface area contributed by atoms with Crippen LogP contribution in [0.15, 0.2) is 64.7 Å². The van der Waals surface area contributed by atoms with Crippen LogP contribution >= 0.6 is 35.3 Å². The maximum atomic E-state index is 12.6. The van der Waals surface area contributed by atoms with Crippen molar-refractivity contribution < 1.29 is 4.79 Å². The molecular weight excluding hydrogens is 458 g/mol. The Morgan fingerprint density at radius 3 is 2.84 bits per heavy atom. The van der Waals surface area contributed by atoms with E-state index in [0.29, 0.717) is 12.3 Å². The molecule has 2 N–H and O–H groups in total. The van der Waals surface area contributed by atoms with Gasteiger partial charge in [0.1, 0.15) is 11.3 Å². The summed E-state index contributed by atoms with van der Waals surface area (Å²) in [5, 5.41) is 16.4. The molecule has 2 aliphatic rings. The molecule has 4 rings (SSSR count). The van der Waals surface area contributed by atoms with Gasteiger partial charge in [0, 0.05) is 12.3 Å². The van der Waals surface area contributed by atoms with Gasteiger partial charge in [-0.1, -0.05) is 60.3 Å². The molecular formula is C23H27N5OS3. The van der Waals surface area contributed by atoms with Gasteiger partial charge in [-0.3, -0.25) is 10.1 Å². The highest BCUT2D eigenvalue weighted by atomic mass is 32.2. The highest BCUT2D eigenvalue weighted by Crippen LogP contribution is 2.42. The number of allylic oxidation sites excluding steroid dienone is 2. The van der Waals surface area contributed by atoms with E-state index in [4.69, 9.17) is 0 Å². The summed E-state index contributed by atoms with van der Waals surface area (Å²) in [5.74, 6) is 2.36. The largest absolute Gasteiger partial charge is 0.331 e. The van der Waals surface area contributed by atoms with Crippen LogP contribution < -0.4 is 10.6 Å². The lowest BCUT2D eigenvalue weighted by atomic mass is 9.98. The molecule has 0 spiro atoms. The summed E-state index contributed by atoms with van der Waals surface area (Å²) in [6, 6.07) is 10.2. The average molecular weight is 486 g/mol. The van der Waals surface area contributed by atoms with Crippen LogP contribution in [0.3, 0.4) is 0 Å². The van der Waals surface area contributed by atoms with Gasteiger partial charge < -0.3 is 9.88 Å². The second kappa shape index (κ2) is 10.8. The summed E-state index contributed by atoms with van der Waals surface area (Å²) in [4.78, 5) is 13.8. The van der Waals surface area contributed by atoms with Crippen LogP contribution in [0.25, 0.3) is 6.08 Å². The van der Waals surface area contributed by atoms with Crippen molar-refractivity contribution in [2.45, 2.75) is 42.2 Å². The zero-order valence-corrected chi connectivity index (χ0v) is 20.6. The monoisotopic (exact) mass is 485 g/mol. The molecule has 1 aromatic heterocycles. The van der Waals surface area contributed by atoms with E-state index in [0.717, 1.165) is 16.7 Å². The first kappa shape index (κ1) is 23.2. The number of hydrogen-bond acceptors (Lipinski definition) is 7. The fourth-order valence-corrected chi connectivity index (χ4v) is 6.83. The third-order valence-corrected chi connectivity index (χ3v) is 8.67. The van der Waals surface area contributed by atoms with E-state index in [-0.39, 0.29) is 22.7 Å². The number of rotatable bonds is 9. The summed E-state index contributed by atoms with van der Waals surface area (Å²) in [7, 11) is 0. The molecule has 3 heterocycles. The van der Waals surface area contributed by atoms with E-state index in [1.807, 2.05) is 31.2 Å². The summed E-state index contributed by atoms with van der Waals surface area (Å²) < 4.78 is 2.09. The Balaban J connectivity index is 1.34. The minimum Gasteiger partial charge on any atom is -0.331 e. The molecule has 0 aliphatic carbocycles. The summed E-state index contributed by atoms with van der Waals surface area (Å²) in [6.45, 7) is 8.67. The molecule has 1 fully saturated rings. The van der Waals surface area contributed by atoms with Crippen molar-refractivity contribution in [3.8, 4) is 0 Å². The lowest BCUT2D eigenvalue weighted by Gasteiger charge is -2.33. The van der Waals surface area contributed by atoms with Crippen LogP contribution in [-0.2, 0) is 17.1 Å². The SMILES string of the molecule is C=CCn1c(CSC2NC(=O)C3C(C)=C(C)SC3N2)nnc1SC/C=C/c1ccccc1. The molecule has 3 unspecified atom stereocenters. The van der Waals surface area contributed by atoms with E-state index in [1.54, 1.807) is 35.3 Å². The zero-order valence-electron chi connectivity index (χ0n) is 18.2. The lowest BCUT2D eigenvalue weighted by molar-refractivity contribution is -0.125. The minimum absolute atomic E-state index is 0.0757. The van der Waals surface area contributed by atoms with Crippen LogP contribution in [0.4, 0.5) is 0 Å². The van der Waals surface area contributed by atoms with E-state index < -0.39 is 0 Å². The van der Waals surface area contributed by atoms with Gasteiger partial charge in [-0.05, 0) is 29.9 Å². The van der Waals surface area contributed by atoms with Crippen molar-refractivity contribution in [2.24, 2.45) is 5.92 Å². The van der Waals surface area contributed by atoms with Gasteiger partial charge in [0.05, 0.1) is 17.0 Å². The summed E-state index contributed by atoms with van der Waals surface area (Å²) in [6.07, 6.45) is 6.11. The Labute approximate surface area is 201 Å². The summed E-state index contributed by atoms with van der Waals surface area (Å²) in [5.41, 5.74) is 2.21. The van der Waals surface area contributed by atoms with Gasteiger partial charge in [-0.2, -0.15) is 0 Å². The number of nitrogens with one attached hydrogen (secondary N) is 2. The molecule has 0 bridgehead atoms. The van der Waals surface area contributed by atoms with Gasteiger partial charge in [0.2, 0.25) is 5.91 Å². The Bertz CT molecular complexity index is 1030. The quantitative estimate of drug-likeness (QED) is 0.401. The number of nitrogens with zero attached hydrogens (tertiary/aromatic N) is 3. The van der Waals surface area contributed by atoms with Gasteiger partial charge in [0.15, 0.2) is 5.16 Å². The van der Waals surface area contributed by atoms with Crippen molar-refractivity contribution in [1.29, 1.82) is 0 Å². The topological polar surface area (TPSA) is 71.8 Å². The van der Waals surface area contributed by atoms with Crippen molar-refractivity contribution in [3.63, 3.8) is 0 Å².